The Bertz CT molecular complexity index is 1840. The molecule has 2 heterocycles. The van der Waals surface area contributed by atoms with E-state index in [1.807, 2.05) is 0 Å². The van der Waals surface area contributed by atoms with Crippen LogP contribution < -0.4 is 21.3 Å². The minimum Gasteiger partial charge on any atom is -0.378 e. The van der Waals surface area contributed by atoms with Gasteiger partial charge in [0.1, 0.15) is 11.4 Å². The second kappa shape index (κ2) is 19.5. The number of rotatable bonds is 16. The fourth-order valence-corrected chi connectivity index (χ4v) is 4.19. The van der Waals surface area contributed by atoms with Gasteiger partial charge in [0, 0.05) is 70.2 Å². The lowest BCUT2D eigenvalue weighted by molar-refractivity contribution is -0.118. The van der Waals surface area contributed by atoms with Crippen molar-refractivity contribution in [2.24, 2.45) is 10.2 Å². The highest BCUT2D eigenvalue weighted by Gasteiger charge is 2.16. The van der Waals surface area contributed by atoms with E-state index in [-0.39, 0.29) is 48.8 Å². The van der Waals surface area contributed by atoms with Crippen LogP contribution in [0.3, 0.4) is 0 Å². The van der Waals surface area contributed by atoms with Crippen molar-refractivity contribution in [1.29, 1.82) is 0 Å². The van der Waals surface area contributed by atoms with Crippen LogP contribution in [-0.2, 0) is 14.3 Å². The Hall–Kier alpha value is -7.32. The number of benzene rings is 2. The number of pyridine rings is 2. The Labute approximate surface area is 290 Å². The molecular weight excluding hydrogens is 656 g/mol. The maximum absolute atomic E-state index is 13.0. The molecule has 4 N–H and O–H groups in total. The predicted octanol–water partition coefficient (Wildman–Crippen LogP) is 4.85. The first kappa shape index (κ1) is 36.5. The Balaban J connectivity index is 1.28. The number of nitrogens with zero attached hydrogens (tertiary/aromatic N) is 8. The lowest BCUT2D eigenvalue weighted by Gasteiger charge is -2.13. The summed E-state index contributed by atoms with van der Waals surface area (Å²) >= 11 is 0. The molecule has 2 aromatic carbocycles. The first-order valence-corrected chi connectivity index (χ1v) is 15.2. The van der Waals surface area contributed by atoms with Gasteiger partial charge < -0.3 is 26.0 Å². The predicted molar refractivity (Wildman–Crippen MR) is 187 cm³/mol. The number of carbonyl (C=O) groups is 4. The maximum atomic E-state index is 13.0. The molecule has 2 aromatic heterocycles. The summed E-state index contributed by atoms with van der Waals surface area (Å²) in [6, 6.07) is 18.5. The molecule has 256 valence electrons. The Kier molecular flexibility index (Phi) is 14.0. The second-order valence-electron chi connectivity index (χ2n) is 10.2. The van der Waals surface area contributed by atoms with Gasteiger partial charge in [0.15, 0.2) is 0 Å². The molecule has 0 saturated heterocycles. The number of hydrogen-bond donors (Lipinski definition) is 4. The average molecular weight is 687 g/mol. The van der Waals surface area contributed by atoms with Gasteiger partial charge in [-0.05, 0) is 70.7 Å². The van der Waals surface area contributed by atoms with Gasteiger partial charge >= 0.3 is 0 Å². The van der Waals surface area contributed by atoms with Gasteiger partial charge in [-0.2, -0.15) is 0 Å². The molecule has 51 heavy (non-hydrogen) atoms. The van der Waals surface area contributed by atoms with Crippen molar-refractivity contribution < 1.29 is 23.9 Å². The van der Waals surface area contributed by atoms with Crippen LogP contribution in [-0.4, -0.2) is 59.9 Å². The van der Waals surface area contributed by atoms with Crippen molar-refractivity contribution in [2.75, 3.05) is 26.3 Å². The first-order chi connectivity index (χ1) is 24.9. The van der Waals surface area contributed by atoms with Crippen LogP contribution in [0.5, 0.6) is 0 Å². The topological polar surface area (TPSA) is 249 Å². The highest BCUT2D eigenvalue weighted by atomic mass is 16.5. The van der Waals surface area contributed by atoms with Crippen molar-refractivity contribution in [2.45, 2.75) is 0 Å². The van der Waals surface area contributed by atoms with Gasteiger partial charge in [-0.15, -0.1) is 0 Å². The van der Waals surface area contributed by atoms with E-state index in [1.54, 1.807) is 36.7 Å². The molecule has 0 fully saturated rings. The van der Waals surface area contributed by atoms with E-state index >= 15 is 0 Å². The molecule has 4 aromatic rings. The molecule has 0 atom stereocenters. The van der Waals surface area contributed by atoms with Gasteiger partial charge in [-0.3, -0.25) is 29.1 Å². The Morgan fingerprint density at radius 2 is 1.06 bits per heavy atom. The smallest absolute Gasteiger partial charge is 0.267 e. The third kappa shape index (κ3) is 12.0. The number of hydrogen-bond acceptors (Lipinski definition) is 9. The SMILES string of the molecule is [N-]=[N+]=Nc1ccc(C(=O)N/C(=C\c2cccnc2)C(=O)NCCOCCNC(=O)/C(=C/c2cccnc2)NC(=O)c2ccc(N=[N+]=[N-])cc2)cc1. The Morgan fingerprint density at radius 3 is 1.41 bits per heavy atom. The monoisotopic (exact) mass is 686 g/mol. The van der Waals surface area contributed by atoms with Crippen LogP contribution in [0, 0.1) is 0 Å². The van der Waals surface area contributed by atoms with Crippen LogP contribution in [0.4, 0.5) is 11.4 Å². The normalized spacial score (nSPS) is 10.9. The standard InChI is InChI=1S/C34H30N12O5/c35-45-43-27-9-5-25(6-10-27)31(47)41-29(19-23-3-1-13-37-21-23)33(49)39-15-17-51-18-16-40-34(50)30(20-24-4-2-14-38-22-24)42-32(48)26-7-11-28(12-8-26)44-46-36/h1-14,19-22H,15-18H2,(H,39,49)(H,40,50)(H,41,47)(H,42,48)/b29-19-,30-20-. The van der Waals surface area contributed by atoms with Gasteiger partial charge in [-0.25, -0.2) is 0 Å². The van der Waals surface area contributed by atoms with E-state index < -0.39 is 23.6 Å². The molecule has 0 radical (unpaired) electrons. The zero-order valence-electron chi connectivity index (χ0n) is 26.8. The summed E-state index contributed by atoms with van der Waals surface area (Å²) in [5.74, 6) is -2.28. The fourth-order valence-electron chi connectivity index (χ4n) is 4.19. The number of carbonyl (C=O) groups excluding carboxylic acids is 4. The van der Waals surface area contributed by atoms with E-state index in [9.17, 15) is 19.2 Å². The third-order valence-corrected chi connectivity index (χ3v) is 6.62. The lowest BCUT2D eigenvalue weighted by atomic mass is 10.1. The number of ether oxygens (including phenoxy) is 1. The average Bonchev–Trinajstić information content (AvgIpc) is 3.15. The van der Waals surface area contributed by atoms with Crippen molar-refractivity contribution in [3.63, 3.8) is 0 Å². The summed E-state index contributed by atoms with van der Waals surface area (Å²) in [5, 5.41) is 17.5. The van der Waals surface area contributed by atoms with Crippen LogP contribution in [0.15, 0.2) is 119 Å². The summed E-state index contributed by atoms with van der Waals surface area (Å²) in [6.07, 6.45) is 9.14. The lowest BCUT2D eigenvalue weighted by Crippen LogP contribution is -2.37. The Morgan fingerprint density at radius 1 is 0.647 bits per heavy atom. The zero-order valence-corrected chi connectivity index (χ0v) is 26.8. The number of aromatic nitrogens is 2. The van der Waals surface area contributed by atoms with E-state index in [0.717, 1.165) is 0 Å². The molecule has 0 aliphatic carbocycles. The van der Waals surface area contributed by atoms with Crippen molar-refractivity contribution >= 4 is 47.2 Å². The number of amides is 4. The molecule has 4 amide bonds. The van der Waals surface area contributed by atoms with Crippen LogP contribution in [0.1, 0.15) is 31.8 Å². The fraction of sp³-hybridized carbons (Fsp3) is 0.118. The van der Waals surface area contributed by atoms with Crippen molar-refractivity contribution in [3.05, 3.63) is 152 Å². The molecule has 17 nitrogen and oxygen atoms in total. The van der Waals surface area contributed by atoms with Crippen LogP contribution >= 0.6 is 0 Å². The molecular formula is C34H30N12O5. The van der Waals surface area contributed by atoms with Crippen LogP contribution in [0.2, 0.25) is 0 Å². The molecule has 0 bridgehead atoms. The zero-order chi connectivity index (χ0) is 36.3. The van der Waals surface area contributed by atoms with Gasteiger partial charge in [0.05, 0.1) is 13.2 Å². The summed E-state index contributed by atoms with van der Waals surface area (Å²) in [5.41, 5.74) is 19.4. The van der Waals surface area contributed by atoms with Crippen LogP contribution in [0.25, 0.3) is 33.0 Å². The molecule has 0 saturated carbocycles. The highest BCUT2D eigenvalue weighted by molar-refractivity contribution is 6.06. The molecule has 4 rings (SSSR count). The maximum Gasteiger partial charge on any atom is 0.267 e. The number of nitrogens with one attached hydrogen (secondary N) is 4. The summed E-state index contributed by atoms with van der Waals surface area (Å²) < 4.78 is 5.56. The summed E-state index contributed by atoms with van der Waals surface area (Å²) in [6.45, 7) is 0.318. The van der Waals surface area contributed by atoms with Gasteiger partial charge in [-0.1, -0.05) is 46.6 Å². The molecule has 0 aliphatic heterocycles. The van der Waals surface area contributed by atoms with E-state index in [1.165, 1.54) is 73.1 Å². The quantitative estimate of drug-likeness (QED) is 0.0419. The molecule has 0 unspecified atom stereocenters. The minimum absolute atomic E-state index is 0.0408. The number of azide groups is 2. The third-order valence-electron chi connectivity index (χ3n) is 6.62. The van der Waals surface area contributed by atoms with E-state index in [2.05, 4.69) is 51.3 Å². The van der Waals surface area contributed by atoms with Gasteiger partial charge in [0.2, 0.25) is 0 Å². The minimum atomic E-state index is -0.580. The first-order valence-electron chi connectivity index (χ1n) is 15.2. The van der Waals surface area contributed by atoms with Crippen molar-refractivity contribution in [3.8, 4) is 0 Å². The summed E-state index contributed by atoms with van der Waals surface area (Å²) in [7, 11) is 0. The molecule has 17 heteroatoms. The molecule has 0 spiro atoms. The van der Waals surface area contributed by atoms with E-state index in [0.29, 0.717) is 22.5 Å². The van der Waals surface area contributed by atoms with E-state index in [4.69, 9.17) is 15.8 Å². The second-order valence-corrected chi connectivity index (χ2v) is 10.2. The summed E-state index contributed by atoms with van der Waals surface area (Å²) in [4.78, 5) is 65.3. The van der Waals surface area contributed by atoms with Crippen molar-refractivity contribution in [1.82, 2.24) is 31.2 Å². The largest absolute Gasteiger partial charge is 0.378 e. The molecule has 0 aliphatic rings. The van der Waals surface area contributed by atoms with Gasteiger partial charge in [0.25, 0.3) is 23.6 Å². The highest BCUT2D eigenvalue weighted by Crippen LogP contribution is 2.15.